The van der Waals surface area contributed by atoms with Crippen LogP contribution in [0.5, 0.6) is 5.75 Å². The number of aromatic hydroxyl groups is 1. The summed E-state index contributed by atoms with van der Waals surface area (Å²) >= 11 is 16.7. The van der Waals surface area contributed by atoms with Crippen molar-refractivity contribution in [2.45, 2.75) is 0 Å². The van der Waals surface area contributed by atoms with Crippen molar-refractivity contribution in [1.82, 2.24) is 9.80 Å². The maximum absolute atomic E-state index is 15.1. The molecular formula is C20H17Cl2F2N3O2S. The van der Waals surface area contributed by atoms with Crippen LogP contribution in [-0.2, 0) is 4.79 Å². The van der Waals surface area contributed by atoms with Crippen LogP contribution in [0.25, 0.3) is 5.57 Å². The van der Waals surface area contributed by atoms with E-state index < -0.39 is 23.1 Å². The van der Waals surface area contributed by atoms with Crippen molar-refractivity contribution >= 4 is 53.0 Å². The predicted molar refractivity (Wildman–Crippen MR) is 117 cm³/mol. The summed E-state index contributed by atoms with van der Waals surface area (Å²) in [7, 11) is 0. The van der Waals surface area contributed by atoms with E-state index in [0.29, 0.717) is 31.2 Å². The number of benzene rings is 1. The molecule has 2 aliphatic rings. The number of amides is 1. The van der Waals surface area contributed by atoms with Crippen LogP contribution in [-0.4, -0.2) is 52.7 Å². The van der Waals surface area contributed by atoms with Crippen LogP contribution in [0.15, 0.2) is 52.3 Å². The van der Waals surface area contributed by atoms with Crippen LogP contribution in [0.2, 0.25) is 5.02 Å². The Morgan fingerprint density at radius 1 is 1.20 bits per heavy atom. The van der Waals surface area contributed by atoms with Gasteiger partial charge in [-0.15, -0.1) is 12.6 Å². The van der Waals surface area contributed by atoms with E-state index in [2.05, 4.69) is 19.2 Å². The molecule has 0 aromatic heterocycles. The number of allylic oxidation sites excluding steroid dienone is 5. The lowest BCUT2D eigenvalue weighted by Crippen LogP contribution is -2.47. The molecular weight excluding hydrogens is 455 g/mol. The Kier molecular flexibility index (Phi) is 6.59. The molecule has 0 radical (unpaired) electrons. The number of phenolic OH excluding ortho intramolecular Hbond substituents is 1. The molecule has 1 aliphatic heterocycles. The van der Waals surface area contributed by atoms with Crippen molar-refractivity contribution in [2.75, 3.05) is 26.2 Å². The molecule has 30 heavy (non-hydrogen) atoms. The third-order valence-corrected chi connectivity index (χ3v) is 5.96. The number of nitrogens with zero attached hydrogens (tertiary/aromatic N) is 2. The first-order valence-corrected chi connectivity index (χ1v) is 10.0. The van der Waals surface area contributed by atoms with Gasteiger partial charge < -0.3 is 14.9 Å². The molecule has 1 aromatic carbocycles. The fourth-order valence-electron chi connectivity index (χ4n) is 3.21. The first kappa shape index (κ1) is 22.4. The molecule has 0 saturated carbocycles. The lowest BCUT2D eigenvalue weighted by molar-refractivity contribution is -0.127. The summed E-state index contributed by atoms with van der Waals surface area (Å²) in [4.78, 5) is 15.2. The van der Waals surface area contributed by atoms with Gasteiger partial charge in [-0.25, -0.2) is 8.78 Å². The summed E-state index contributed by atoms with van der Waals surface area (Å²) < 4.78 is 28.6. The average molecular weight is 472 g/mol. The Bertz CT molecular complexity index is 1040. The highest BCUT2D eigenvalue weighted by Gasteiger charge is 2.30. The quantitative estimate of drug-likeness (QED) is 0.449. The Balaban J connectivity index is 1.93. The molecule has 1 aliphatic carbocycles. The molecule has 0 unspecified atom stereocenters. The molecule has 1 fully saturated rings. The van der Waals surface area contributed by atoms with Crippen LogP contribution in [0, 0.1) is 11.2 Å². The number of phenols is 1. The first-order chi connectivity index (χ1) is 14.1. The van der Waals surface area contributed by atoms with Crippen LogP contribution in [0.1, 0.15) is 5.56 Å². The lowest BCUT2D eigenvalue weighted by atomic mass is 9.93. The highest BCUT2D eigenvalue weighted by Crippen LogP contribution is 2.42. The molecule has 0 atom stereocenters. The molecule has 2 N–H and O–H groups in total. The average Bonchev–Trinajstić information content (AvgIpc) is 2.73. The first-order valence-electron chi connectivity index (χ1n) is 8.80. The van der Waals surface area contributed by atoms with Gasteiger partial charge in [-0.1, -0.05) is 29.8 Å². The highest BCUT2D eigenvalue weighted by molar-refractivity contribution is 7.84. The second-order valence-corrected chi connectivity index (χ2v) is 7.83. The summed E-state index contributed by atoms with van der Waals surface area (Å²) in [5.74, 6) is -2.82. The van der Waals surface area contributed by atoms with Crippen molar-refractivity contribution in [3.63, 3.8) is 0 Å². The van der Waals surface area contributed by atoms with Gasteiger partial charge in [0.25, 0.3) is 0 Å². The molecule has 0 bridgehead atoms. The molecule has 158 valence electrons. The number of piperazine rings is 1. The third-order valence-electron chi connectivity index (χ3n) is 4.83. The summed E-state index contributed by atoms with van der Waals surface area (Å²) in [5.41, 5.74) is -0.553. The van der Waals surface area contributed by atoms with Gasteiger partial charge in [0.15, 0.2) is 17.4 Å². The maximum Gasteiger partial charge on any atom is 0.246 e. The minimum atomic E-state index is -0.975. The SMILES string of the molecule is C=CC(=O)N1CCN(/C(S)=C2\C=C(Cl)C(c3cc(O)c(F)cc3Cl)=C(F)C2=N)CC1. The fraction of sp³-hybridized carbons (Fsp3) is 0.200. The van der Waals surface area contributed by atoms with E-state index in [0.717, 1.165) is 12.1 Å². The van der Waals surface area contributed by atoms with E-state index in [4.69, 9.17) is 28.6 Å². The Hall–Kier alpha value is -2.29. The normalized spacial score (nSPS) is 19.1. The number of nitrogens with one attached hydrogen (secondary N) is 1. The summed E-state index contributed by atoms with van der Waals surface area (Å²) in [5, 5.41) is 18.0. The number of hydrogen-bond acceptors (Lipinski definition) is 5. The Morgan fingerprint density at radius 2 is 1.80 bits per heavy atom. The summed E-state index contributed by atoms with van der Waals surface area (Å²) in [6, 6.07) is 1.81. The van der Waals surface area contributed by atoms with E-state index in [-0.39, 0.29) is 32.7 Å². The summed E-state index contributed by atoms with van der Waals surface area (Å²) in [6.07, 6.45) is 2.62. The van der Waals surface area contributed by atoms with Crippen LogP contribution < -0.4 is 0 Å². The molecule has 1 heterocycles. The van der Waals surface area contributed by atoms with Gasteiger partial charge in [-0.05, 0) is 24.3 Å². The number of halogens is 4. The monoisotopic (exact) mass is 471 g/mol. The molecule has 10 heteroatoms. The zero-order chi connectivity index (χ0) is 22.2. The molecule has 1 amide bonds. The molecule has 3 rings (SSSR count). The van der Waals surface area contributed by atoms with Crippen molar-refractivity contribution < 1.29 is 18.7 Å². The lowest BCUT2D eigenvalue weighted by Gasteiger charge is -2.36. The van der Waals surface area contributed by atoms with Crippen molar-refractivity contribution in [2.24, 2.45) is 0 Å². The standard InChI is InChI=1S/C20H17Cl2F2N3O2S/c1-2-16(29)26-3-5-27(6-4-26)20(30)11-7-13(22)17(18(24)19(11)25)10-8-15(28)14(23)9-12(10)21/h2,7-9,25,28,30H,1,3-6H2/b20-11-,25-19?. The molecule has 1 aromatic rings. The van der Waals surface area contributed by atoms with Crippen LogP contribution >= 0.6 is 35.8 Å². The van der Waals surface area contributed by atoms with Gasteiger partial charge in [0.05, 0.1) is 15.1 Å². The third kappa shape index (κ3) is 4.12. The minimum Gasteiger partial charge on any atom is -0.505 e. The van der Waals surface area contributed by atoms with E-state index in [1.165, 1.54) is 12.2 Å². The van der Waals surface area contributed by atoms with Gasteiger partial charge in [0, 0.05) is 42.9 Å². The van der Waals surface area contributed by atoms with Gasteiger partial charge in [-0.3, -0.25) is 10.2 Å². The molecule has 0 spiro atoms. The van der Waals surface area contributed by atoms with Gasteiger partial charge in [0.2, 0.25) is 5.91 Å². The van der Waals surface area contributed by atoms with Crippen LogP contribution in [0.3, 0.4) is 0 Å². The number of carbonyl (C=O) groups is 1. The molecule has 5 nitrogen and oxygen atoms in total. The van der Waals surface area contributed by atoms with Crippen molar-refractivity contribution in [1.29, 1.82) is 5.41 Å². The summed E-state index contributed by atoms with van der Waals surface area (Å²) in [6.45, 7) is 5.21. The zero-order valence-electron chi connectivity index (χ0n) is 15.6. The maximum atomic E-state index is 15.1. The van der Waals surface area contributed by atoms with E-state index in [1.807, 2.05) is 4.90 Å². The van der Waals surface area contributed by atoms with Gasteiger partial charge >= 0.3 is 0 Å². The number of carbonyl (C=O) groups excluding carboxylic acids is 1. The van der Waals surface area contributed by atoms with Crippen molar-refractivity contribution in [3.8, 4) is 5.75 Å². The Morgan fingerprint density at radius 3 is 2.40 bits per heavy atom. The van der Waals surface area contributed by atoms with E-state index >= 15 is 4.39 Å². The minimum absolute atomic E-state index is 0.0321. The van der Waals surface area contributed by atoms with Gasteiger partial charge in [0.1, 0.15) is 5.71 Å². The second kappa shape index (κ2) is 8.83. The van der Waals surface area contributed by atoms with Crippen molar-refractivity contribution in [3.05, 3.63) is 68.7 Å². The topological polar surface area (TPSA) is 67.6 Å². The van der Waals surface area contributed by atoms with E-state index in [9.17, 15) is 14.3 Å². The zero-order valence-corrected chi connectivity index (χ0v) is 18.0. The predicted octanol–water partition coefficient (Wildman–Crippen LogP) is 4.49. The number of thiol groups is 1. The fourth-order valence-corrected chi connectivity index (χ4v) is 4.12. The van der Waals surface area contributed by atoms with Gasteiger partial charge in [-0.2, -0.15) is 0 Å². The van der Waals surface area contributed by atoms with E-state index in [1.54, 1.807) is 4.90 Å². The second-order valence-electron chi connectivity index (χ2n) is 6.59. The molecule has 1 saturated heterocycles. The van der Waals surface area contributed by atoms with Crippen LogP contribution in [0.4, 0.5) is 8.78 Å². The Labute approximate surface area is 187 Å². The largest absolute Gasteiger partial charge is 0.505 e. The highest BCUT2D eigenvalue weighted by atomic mass is 35.5. The number of hydrogen-bond donors (Lipinski definition) is 3. The number of rotatable bonds is 3. The smallest absolute Gasteiger partial charge is 0.246 e.